The summed E-state index contributed by atoms with van der Waals surface area (Å²) in [4.78, 5) is 33.6. The Kier molecular flexibility index (Phi) is 6.01. The molecule has 1 aliphatic rings. The van der Waals surface area contributed by atoms with Gasteiger partial charge < -0.3 is 9.82 Å². The summed E-state index contributed by atoms with van der Waals surface area (Å²) in [7, 11) is 0. The number of hydrogen-bond acceptors (Lipinski definition) is 11. The molecule has 8 rings (SSSR count). The summed E-state index contributed by atoms with van der Waals surface area (Å²) in [6.45, 7) is 0. The molecule has 0 saturated carbocycles. The van der Waals surface area contributed by atoms with Crippen LogP contribution in [0.15, 0.2) is 116 Å². The summed E-state index contributed by atoms with van der Waals surface area (Å²) in [6, 6.07) is 19.2. The maximum atomic E-state index is 6.86. The number of aromatic amines is 1. The van der Waals surface area contributed by atoms with Gasteiger partial charge in [0.05, 0.1) is 28.8 Å². The third-order valence-corrected chi connectivity index (χ3v) is 7.69. The highest BCUT2D eigenvalue weighted by Crippen LogP contribution is 2.59. The van der Waals surface area contributed by atoms with Crippen LogP contribution in [0.3, 0.4) is 0 Å². The number of hydrogen-bond donors (Lipinski definition) is 1. The Morgan fingerprint density at radius 3 is 2.28 bits per heavy atom. The highest BCUT2D eigenvalue weighted by Gasteiger charge is 2.42. The fourth-order valence-electron chi connectivity index (χ4n) is 5.19. The summed E-state index contributed by atoms with van der Waals surface area (Å²) < 4.78 is 0. The van der Waals surface area contributed by atoms with Gasteiger partial charge in [-0.25, -0.2) is 9.97 Å². The van der Waals surface area contributed by atoms with Gasteiger partial charge in [-0.3, -0.25) is 15.0 Å². The van der Waals surface area contributed by atoms with Crippen molar-refractivity contribution in [1.82, 2.24) is 40.1 Å². The second-order valence-corrected chi connectivity index (χ2v) is 10.3. The zero-order valence-corrected chi connectivity index (χ0v) is 23.1. The lowest BCUT2D eigenvalue weighted by Gasteiger charge is -2.27. The summed E-state index contributed by atoms with van der Waals surface area (Å²) >= 11 is 1.55. The molecule has 1 N–H and O–H groups in total. The van der Waals surface area contributed by atoms with Gasteiger partial charge in [-0.05, 0) is 60.0 Å². The molecular formula is C31H20N10OS. The maximum absolute atomic E-state index is 6.86. The van der Waals surface area contributed by atoms with Gasteiger partial charge in [0.15, 0.2) is 16.6 Å². The Morgan fingerprint density at radius 2 is 1.56 bits per heavy atom. The number of hydrazine groups is 1. The largest absolute Gasteiger partial charge is 0.355 e. The van der Waals surface area contributed by atoms with Crippen LogP contribution in [0, 0.1) is 0 Å². The van der Waals surface area contributed by atoms with Gasteiger partial charge in [0.2, 0.25) is 0 Å². The molecule has 1 aliphatic heterocycles. The molecular weight excluding hydrogens is 560 g/mol. The highest BCUT2D eigenvalue weighted by atomic mass is 32.1. The number of aromatic nitrogens is 8. The lowest BCUT2D eigenvalue weighted by atomic mass is 9.87. The van der Waals surface area contributed by atoms with E-state index in [0.29, 0.717) is 56.6 Å². The number of fused-ring (bicyclic) bond motifs is 1. The van der Waals surface area contributed by atoms with Crippen molar-refractivity contribution >= 4 is 27.8 Å². The molecule has 0 fully saturated rings. The van der Waals surface area contributed by atoms with Crippen molar-refractivity contribution in [3.63, 3.8) is 0 Å². The normalized spacial score (nSPS) is 12.3. The first-order valence-electron chi connectivity index (χ1n) is 13.3. The quantitative estimate of drug-likeness (QED) is 0.237. The first-order valence-corrected chi connectivity index (χ1v) is 14.2. The zero-order valence-electron chi connectivity index (χ0n) is 22.3. The first-order chi connectivity index (χ1) is 21.4. The molecule has 0 aliphatic carbocycles. The molecule has 0 unspecified atom stereocenters. The Bertz CT molecular complexity index is 1990. The van der Waals surface area contributed by atoms with E-state index in [1.807, 2.05) is 71.2 Å². The van der Waals surface area contributed by atoms with Crippen molar-refractivity contribution in [3.05, 3.63) is 116 Å². The van der Waals surface area contributed by atoms with E-state index in [-0.39, 0.29) is 0 Å². The van der Waals surface area contributed by atoms with Gasteiger partial charge in [0.25, 0.3) is 0 Å². The highest BCUT2D eigenvalue weighted by molar-refractivity contribution is 7.14. The second kappa shape index (κ2) is 10.4. The minimum Gasteiger partial charge on any atom is -0.355 e. The number of nitrogens with one attached hydrogen (secondary N) is 1. The standard InChI is InChI=1S/C31H20N10OS/c1-2-11-33-20(7-1)27-25(22-19-32-16-17-34-22)28(31-36-13-6-14-37-31)26(21-8-3-15-38-39-21)29-30(27)42-41(24-10-5-18-43-24)40(29)23-9-4-12-35-23/h1-19,35H. The molecule has 206 valence electrons. The number of pyridine rings is 1. The molecule has 7 heterocycles. The predicted molar refractivity (Wildman–Crippen MR) is 163 cm³/mol. The van der Waals surface area contributed by atoms with E-state index in [2.05, 4.69) is 20.2 Å². The minimum atomic E-state index is 0.477. The molecule has 0 amide bonds. The molecule has 11 nitrogen and oxygen atoms in total. The molecule has 0 saturated heterocycles. The van der Waals surface area contributed by atoms with E-state index in [0.717, 1.165) is 10.8 Å². The maximum Gasteiger partial charge on any atom is 0.194 e. The van der Waals surface area contributed by atoms with Crippen LogP contribution in [0.25, 0.3) is 45.2 Å². The molecule has 0 atom stereocenters. The summed E-state index contributed by atoms with van der Waals surface area (Å²) in [5.41, 5.74) is 5.42. The topological polar surface area (TPSA) is 122 Å². The summed E-state index contributed by atoms with van der Waals surface area (Å²) in [5.74, 6) is 1.81. The molecule has 43 heavy (non-hydrogen) atoms. The Balaban J connectivity index is 1.60. The van der Waals surface area contributed by atoms with E-state index in [4.69, 9.17) is 24.8 Å². The van der Waals surface area contributed by atoms with Crippen LogP contribution in [0.4, 0.5) is 16.5 Å². The third kappa shape index (κ3) is 4.16. The molecule has 0 bridgehead atoms. The number of nitrogens with zero attached hydrogens (tertiary/aromatic N) is 9. The van der Waals surface area contributed by atoms with Crippen molar-refractivity contribution in [1.29, 1.82) is 0 Å². The van der Waals surface area contributed by atoms with Crippen LogP contribution < -0.4 is 15.0 Å². The van der Waals surface area contributed by atoms with E-state index >= 15 is 0 Å². The number of rotatable bonds is 6. The zero-order chi connectivity index (χ0) is 28.6. The number of thiophene rings is 1. The summed E-state index contributed by atoms with van der Waals surface area (Å²) in [5, 5.41) is 15.5. The van der Waals surface area contributed by atoms with E-state index in [9.17, 15) is 0 Å². The van der Waals surface area contributed by atoms with Crippen LogP contribution in [-0.4, -0.2) is 40.1 Å². The molecule has 12 heteroatoms. The monoisotopic (exact) mass is 580 g/mol. The Labute approximate surface area is 249 Å². The third-order valence-electron chi connectivity index (χ3n) is 6.86. The van der Waals surface area contributed by atoms with Crippen molar-refractivity contribution in [2.45, 2.75) is 0 Å². The molecule has 0 radical (unpaired) electrons. The predicted octanol–water partition coefficient (Wildman–Crippen LogP) is 6.38. The fourth-order valence-corrected chi connectivity index (χ4v) is 5.85. The lowest BCUT2D eigenvalue weighted by molar-refractivity contribution is 0.313. The number of anilines is 3. The van der Waals surface area contributed by atoms with Gasteiger partial charge in [-0.2, -0.15) is 15.2 Å². The van der Waals surface area contributed by atoms with Gasteiger partial charge in [0, 0.05) is 60.1 Å². The van der Waals surface area contributed by atoms with Crippen molar-refractivity contribution in [3.8, 4) is 50.9 Å². The van der Waals surface area contributed by atoms with Gasteiger partial charge >= 0.3 is 0 Å². The molecule has 1 aromatic carbocycles. The average molecular weight is 581 g/mol. The number of benzene rings is 1. The van der Waals surface area contributed by atoms with Crippen LogP contribution >= 0.6 is 11.3 Å². The first kappa shape index (κ1) is 24.8. The van der Waals surface area contributed by atoms with Gasteiger partial charge in [-0.15, -0.1) is 11.3 Å². The molecule has 6 aromatic heterocycles. The van der Waals surface area contributed by atoms with Crippen molar-refractivity contribution in [2.75, 3.05) is 10.2 Å². The Morgan fingerprint density at radius 1 is 0.674 bits per heavy atom. The second-order valence-electron chi connectivity index (χ2n) is 9.35. The van der Waals surface area contributed by atoms with Crippen LogP contribution in [0.2, 0.25) is 0 Å². The molecule has 0 spiro atoms. The number of H-pyrrole nitrogens is 1. The fraction of sp³-hybridized carbons (Fsp3) is 0. The van der Waals surface area contributed by atoms with Gasteiger partial charge in [0.1, 0.15) is 11.5 Å². The van der Waals surface area contributed by atoms with Crippen molar-refractivity contribution in [2.24, 2.45) is 0 Å². The van der Waals surface area contributed by atoms with E-state index in [1.165, 1.54) is 0 Å². The molecule has 7 aromatic rings. The average Bonchev–Trinajstić information content (AvgIpc) is 3.87. The smallest absolute Gasteiger partial charge is 0.194 e. The summed E-state index contributed by atoms with van der Waals surface area (Å²) in [6.07, 6.45) is 13.7. The minimum absolute atomic E-state index is 0.477. The van der Waals surface area contributed by atoms with E-state index < -0.39 is 0 Å². The van der Waals surface area contributed by atoms with Crippen LogP contribution in [0.5, 0.6) is 5.75 Å². The van der Waals surface area contributed by atoms with E-state index in [1.54, 1.807) is 66.0 Å². The SMILES string of the molecule is c1ccc(-c2c3c(c(-c4cccnn4)c(-c4ncccn4)c2-c2cnccn2)N(c2ccc[nH]2)N(c2cccs2)O3)nc1. The van der Waals surface area contributed by atoms with Gasteiger partial charge in [-0.1, -0.05) is 11.2 Å². The lowest BCUT2D eigenvalue weighted by Crippen LogP contribution is -2.36. The van der Waals surface area contributed by atoms with Crippen LogP contribution in [-0.2, 0) is 0 Å². The Hall–Kier alpha value is -6.01. The van der Waals surface area contributed by atoms with Crippen molar-refractivity contribution < 1.29 is 4.84 Å². The van der Waals surface area contributed by atoms with Crippen LogP contribution in [0.1, 0.15) is 0 Å².